The first-order valence-corrected chi connectivity index (χ1v) is 6.79. The molecule has 1 aliphatic carbocycles. The fraction of sp³-hybridized carbons (Fsp3) is 0.750. The van der Waals surface area contributed by atoms with Gasteiger partial charge in [-0.1, -0.05) is 20.3 Å². The fourth-order valence-electron chi connectivity index (χ4n) is 2.06. The summed E-state index contributed by atoms with van der Waals surface area (Å²) >= 11 is 1.83. The molecule has 0 spiro atoms. The van der Waals surface area contributed by atoms with Gasteiger partial charge in [-0.25, -0.2) is 4.98 Å². The van der Waals surface area contributed by atoms with Crippen LogP contribution in [0.15, 0.2) is 5.38 Å². The third kappa shape index (κ3) is 2.40. The van der Waals surface area contributed by atoms with E-state index in [1.807, 2.05) is 11.3 Å². The van der Waals surface area contributed by atoms with Gasteiger partial charge >= 0.3 is 0 Å². The van der Waals surface area contributed by atoms with E-state index in [0.29, 0.717) is 5.92 Å². The maximum absolute atomic E-state index is 5.78. The highest BCUT2D eigenvalue weighted by Crippen LogP contribution is 2.48. The van der Waals surface area contributed by atoms with Crippen LogP contribution in [-0.2, 0) is 0 Å². The molecular weight excluding hydrogens is 204 g/mol. The summed E-state index contributed by atoms with van der Waals surface area (Å²) in [4.78, 5) is 4.75. The van der Waals surface area contributed by atoms with Gasteiger partial charge in [0, 0.05) is 23.8 Å². The highest BCUT2D eigenvalue weighted by Gasteiger charge is 2.36. The van der Waals surface area contributed by atoms with Crippen molar-refractivity contribution in [3.8, 4) is 0 Å². The monoisotopic (exact) mass is 224 g/mol. The zero-order valence-electron chi connectivity index (χ0n) is 9.57. The molecule has 0 bridgehead atoms. The summed E-state index contributed by atoms with van der Waals surface area (Å²) < 4.78 is 0. The Kier molecular flexibility index (Phi) is 3.42. The van der Waals surface area contributed by atoms with Gasteiger partial charge in [0.15, 0.2) is 0 Å². The normalized spacial score (nSPS) is 26.6. The fourth-order valence-corrected chi connectivity index (χ4v) is 3.21. The second kappa shape index (κ2) is 4.62. The van der Waals surface area contributed by atoms with Crippen LogP contribution in [0.2, 0.25) is 0 Å². The Hall–Kier alpha value is -0.410. The van der Waals surface area contributed by atoms with Crippen LogP contribution in [0.1, 0.15) is 55.6 Å². The Morgan fingerprint density at radius 1 is 1.67 bits per heavy atom. The summed E-state index contributed by atoms with van der Waals surface area (Å²) in [6.07, 6.45) is 3.68. The third-order valence-corrected chi connectivity index (χ3v) is 4.30. The van der Waals surface area contributed by atoms with Gasteiger partial charge in [-0.05, 0) is 18.8 Å². The van der Waals surface area contributed by atoms with E-state index in [1.165, 1.54) is 30.0 Å². The summed E-state index contributed by atoms with van der Waals surface area (Å²) in [6, 6.07) is 0. The lowest BCUT2D eigenvalue weighted by atomic mass is 10.0. The van der Waals surface area contributed by atoms with Crippen molar-refractivity contribution in [1.82, 2.24) is 4.98 Å². The molecule has 1 fully saturated rings. The molecule has 2 rings (SSSR count). The second-order valence-corrected chi connectivity index (χ2v) is 5.54. The average Bonchev–Trinajstić information content (AvgIpc) is 2.80. The summed E-state index contributed by atoms with van der Waals surface area (Å²) in [5.74, 6) is 2.09. The van der Waals surface area contributed by atoms with E-state index >= 15 is 0 Å². The molecule has 0 amide bonds. The second-order valence-electron chi connectivity index (χ2n) is 4.65. The molecule has 0 saturated heterocycles. The average molecular weight is 224 g/mol. The van der Waals surface area contributed by atoms with E-state index < -0.39 is 0 Å². The van der Waals surface area contributed by atoms with E-state index in [4.69, 9.17) is 10.7 Å². The van der Waals surface area contributed by atoms with E-state index in [1.54, 1.807) is 0 Å². The van der Waals surface area contributed by atoms with E-state index in [9.17, 15) is 0 Å². The van der Waals surface area contributed by atoms with Crippen molar-refractivity contribution < 1.29 is 0 Å². The van der Waals surface area contributed by atoms with Crippen LogP contribution < -0.4 is 5.73 Å². The maximum Gasteiger partial charge on any atom is 0.0962 e. The first-order chi connectivity index (χ1) is 7.26. The molecule has 1 aromatic rings. The van der Waals surface area contributed by atoms with Crippen molar-refractivity contribution in [2.45, 2.75) is 44.9 Å². The predicted molar refractivity (Wildman–Crippen MR) is 65.3 cm³/mol. The smallest absolute Gasteiger partial charge is 0.0962 e. The first kappa shape index (κ1) is 11.1. The maximum atomic E-state index is 5.78. The number of nitrogens with two attached hydrogens (primary N) is 1. The summed E-state index contributed by atoms with van der Waals surface area (Å²) in [7, 11) is 0. The number of hydrogen-bond donors (Lipinski definition) is 1. The zero-order valence-corrected chi connectivity index (χ0v) is 10.4. The summed E-state index contributed by atoms with van der Waals surface area (Å²) in [5.41, 5.74) is 7.02. The van der Waals surface area contributed by atoms with Crippen LogP contribution in [-0.4, -0.2) is 11.5 Å². The molecule has 1 aromatic heterocycles. The summed E-state index contributed by atoms with van der Waals surface area (Å²) in [5, 5.41) is 3.56. The van der Waals surface area contributed by atoms with Gasteiger partial charge in [-0.2, -0.15) is 0 Å². The largest absolute Gasteiger partial charge is 0.330 e. The molecular formula is C12H20N2S. The molecule has 3 atom stereocenters. The molecule has 1 saturated carbocycles. The molecule has 0 aromatic carbocycles. The van der Waals surface area contributed by atoms with Gasteiger partial charge in [-0.3, -0.25) is 0 Å². The van der Waals surface area contributed by atoms with Gasteiger partial charge in [0.2, 0.25) is 0 Å². The van der Waals surface area contributed by atoms with Crippen molar-refractivity contribution >= 4 is 11.3 Å². The minimum atomic E-state index is 0.481. The minimum absolute atomic E-state index is 0.481. The van der Waals surface area contributed by atoms with Gasteiger partial charge < -0.3 is 5.73 Å². The predicted octanol–water partition coefficient (Wildman–Crippen LogP) is 3.11. The lowest BCUT2D eigenvalue weighted by molar-refractivity contribution is 0.608. The Morgan fingerprint density at radius 3 is 2.93 bits per heavy atom. The first-order valence-electron chi connectivity index (χ1n) is 5.91. The lowest BCUT2D eigenvalue weighted by Crippen LogP contribution is -2.12. The number of nitrogens with zero attached hydrogens (tertiary/aromatic N) is 1. The van der Waals surface area contributed by atoms with Crippen LogP contribution >= 0.6 is 11.3 Å². The van der Waals surface area contributed by atoms with Crippen LogP contribution in [0.4, 0.5) is 0 Å². The lowest BCUT2D eigenvalue weighted by Gasteiger charge is -2.09. The van der Waals surface area contributed by atoms with Crippen molar-refractivity contribution in [2.24, 2.45) is 11.7 Å². The van der Waals surface area contributed by atoms with Crippen molar-refractivity contribution in [1.29, 1.82) is 0 Å². The zero-order chi connectivity index (χ0) is 10.8. The molecule has 1 aliphatic rings. The summed E-state index contributed by atoms with van der Waals surface area (Å²) in [6.45, 7) is 5.24. The quantitative estimate of drug-likeness (QED) is 0.834. The molecule has 1 heterocycles. The van der Waals surface area contributed by atoms with Crippen molar-refractivity contribution in [3.05, 3.63) is 16.1 Å². The van der Waals surface area contributed by atoms with E-state index in [-0.39, 0.29) is 0 Å². The topological polar surface area (TPSA) is 38.9 Å². The standard InChI is InChI=1S/C12H20N2S/c1-3-4-9(6-13)11-7-15-12(14-11)10-5-8(10)2/h7-10H,3-6,13H2,1-2H3. The van der Waals surface area contributed by atoms with Gasteiger partial charge in [0.05, 0.1) is 10.7 Å². The molecule has 2 N–H and O–H groups in total. The molecule has 3 heteroatoms. The third-order valence-electron chi connectivity index (χ3n) is 3.31. The van der Waals surface area contributed by atoms with Gasteiger partial charge in [-0.15, -0.1) is 11.3 Å². The number of aromatic nitrogens is 1. The van der Waals surface area contributed by atoms with E-state index in [0.717, 1.165) is 18.4 Å². The number of thiazole rings is 1. The molecule has 0 aliphatic heterocycles. The number of hydrogen-bond acceptors (Lipinski definition) is 3. The van der Waals surface area contributed by atoms with Gasteiger partial charge in [0.1, 0.15) is 0 Å². The van der Waals surface area contributed by atoms with E-state index in [2.05, 4.69) is 19.2 Å². The molecule has 15 heavy (non-hydrogen) atoms. The highest BCUT2D eigenvalue weighted by molar-refractivity contribution is 7.09. The van der Waals surface area contributed by atoms with Crippen LogP contribution in [0, 0.1) is 5.92 Å². The molecule has 2 nitrogen and oxygen atoms in total. The Bertz CT molecular complexity index is 321. The molecule has 84 valence electrons. The SMILES string of the molecule is CCCC(CN)c1csc(C2CC2C)n1. The van der Waals surface area contributed by atoms with Crippen LogP contribution in [0.5, 0.6) is 0 Å². The molecule has 0 radical (unpaired) electrons. The van der Waals surface area contributed by atoms with Crippen LogP contribution in [0.3, 0.4) is 0 Å². The van der Waals surface area contributed by atoms with Crippen LogP contribution in [0.25, 0.3) is 0 Å². The Labute approximate surface area is 95.9 Å². The number of rotatable bonds is 5. The Morgan fingerprint density at radius 2 is 2.40 bits per heavy atom. The minimum Gasteiger partial charge on any atom is -0.330 e. The highest BCUT2D eigenvalue weighted by atomic mass is 32.1. The molecule has 3 unspecified atom stereocenters. The van der Waals surface area contributed by atoms with Crippen molar-refractivity contribution in [2.75, 3.05) is 6.54 Å². The Balaban J connectivity index is 2.04. The van der Waals surface area contributed by atoms with Crippen molar-refractivity contribution in [3.63, 3.8) is 0 Å². The van der Waals surface area contributed by atoms with Gasteiger partial charge in [0.25, 0.3) is 0 Å².